The number of anilines is 1. The molecule has 0 heterocycles. The van der Waals surface area contributed by atoms with Gasteiger partial charge < -0.3 is 15.4 Å². The molecule has 3 aromatic rings. The Labute approximate surface area is 172 Å². The van der Waals surface area contributed by atoms with Gasteiger partial charge in [-0.05, 0) is 61.8 Å². The monoisotopic (exact) mass is 390 g/mol. The Morgan fingerprint density at radius 1 is 0.964 bits per heavy atom. The zero-order valence-corrected chi connectivity index (χ0v) is 17.3. The molecule has 144 valence electrons. The van der Waals surface area contributed by atoms with Gasteiger partial charge in [-0.1, -0.05) is 66.2 Å². The van der Waals surface area contributed by atoms with Crippen molar-refractivity contribution in [2.75, 3.05) is 11.9 Å². The summed E-state index contributed by atoms with van der Waals surface area (Å²) in [4.78, 5) is 0. The van der Waals surface area contributed by atoms with Crippen molar-refractivity contribution in [3.63, 3.8) is 0 Å². The predicted octanol–water partition coefficient (Wildman–Crippen LogP) is 5.78. The number of ether oxygens (including phenoxy) is 1. The van der Waals surface area contributed by atoms with Crippen LogP contribution in [0.25, 0.3) is 0 Å². The van der Waals surface area contributed by atoms with E-state index in [-0.39, 0.29) is 6.04 Å². The molecule has 0 radical (unpaired) electrons. The number of nitrogens with one attached hydrogen (secondary N) is 2. The van der Waals surface area contributed by atoms with Gasteiger partial charge in [0.15, 0.2) is 5.11 Å². The highest BCUT2D eigenvalue weighted by Crippen LogP contribution is 2.27. The Bertz CT molecular complexity index is 940. The summed E-state index contributed by atoms with van der Waals surface area (Å²) in [5.41, 5.74) is 5.71. The molecule has 0 spiro atoms. The molecule has 0 aliphatic heterocycles. The Morgan fingerprint density at radius 3 is 2.39 bits per heavy atom. The first kappa shape index (κ1) is 19.9. The second kappa shape index (κ2) is 9.38. The standard InChI is InChI=1S/C24H26N2OS/c1-4-27-22-13-9-8-12-21(22)25-24(28)26-23(19-10-6-5-7-11-19)20-15-14-17(2)16-18(20)3/h5-16,23H,4H2,1-3H3,(H2,25,26,28)/t23-/m1/s1. The van der Waals surface area contributed by atoms with Gasteiger partial charge in [0.05, 0.1) is 18.3 Å². The molecule has 3 rings (SSSR count). The van der Waals surface area contributed by atoms with E-state index < -0.39 is 0 Å². The number of hydrogen-bond acceptors (Lipinski definition) is 2. The lowest BCUT2D eigenvalue weighted by Gasteiger charge is -2.24. The van der Waals surface area contributed by atoms with E-state index in [2.05, 4.69) is 66.9 Å². The molecule has 0 unspecified atom stereocenters. The minimum Gasteiger partial charge on any atom is -0.492 e. The predicted molar refractivity (Wildman–Crippen MR) is 121 cm³/mol. The lowest BCUT2D eigenvalue weighted by molar-refractivity contribution is 0.342. The first-order chi connectivity index (χ1) is 13.6. The van der Waals surface area contributed by atoms with Crippen LogP contribution in [0, 0.1) is 13.8 Å². The van der Waals surface area contributed by atoms with Crippen molar-refractivity contribution in [1.82, 2.24) is 5.32 Å². The van der Waals surface area contributed by atoms with E-state index in [4.69, 9.17) is 17.0 Å². The van der Waals surface area contributed by atoms with E-state index in [0.717, 1.165) is 17.0 Å². The summed E-state index contributed by atoms with van der Waals surface area (Å²) in [6, 6.07) is 24.7. The van der Waals surface area contributed by atoms with Gasteiger partial charge in [-0.3, -0.25) is 0 Å². The van der Waals surface area contributed by atoms with E-state index in [1.165, 1.54) is 16.7 Å². The van der Waals surface area contributed by atoms with Gasteiger partial charge in [0, 0.05) is 0 Å². The minimum atomic E-state index is -0.0407. The first-order valence-corrected chi connectivity index (χ1v) is 9.90. The topological polar surface area (TPSA) is 33.3 Å². The second-order valence-electron chi connectivity index (χ2n) is 6.73. The SMILES string of the molecule is CCOc1ccccc1NC(=S)N[C@H](c1ccccc1)c1ccc(C)cc1C. The van der Waals surface area contributed by atoms with Gasteiger partial charge in [0.25, 0.3) is 0 Å². The maximum absolute atomic E-state index is 5.69. The molecule has 0 bridgehead atoms. The first-order valence-electron chi connectivity index (χ1n) is 9.50. The highest BCUT2D eigenvalue weighted by Gasteiger charge is 2.18. The van der Waals surface area contributed by atoms with Gasteiger partial charge in [0.2, 0.25) is 0 Å². The van der Waals surface area contributed by atoms with E-state index >= 15 is 0 Å². The molecule has 3 nitrogen and oxygen atoms in total. The van der Waals surface area contributed by atoms with Gasteiger partial charge in [-0.15, -0.1) is 0 Å². The number of aryl methyl sites for hydroxylation is 2. The zero-order valence-electron chi connectivity index (χ0n) is 16.5. The van der Waals surface area contributed by atoms with Crippen molar-refractivity contribution < 1.29 is 4.74 Å². The fourth-order valence-electron chi connectivity index (χ4n) is 3.28. The molecular formula is C24H26N2OS. The molecule has 0 aliphatic carbocycles. The molecule has 0 saturated heterocycles. The number of para-hydroxylation sites is 2. The van der Waals surface area contributed by atoms with Crippen LogP contribution in [0.5, 0.6) is 5.75 Å². The summed E-state index contributed by atoms with van der Waals surface area (Å²) in [5, 5.41) is 7.34. The summed E-state index contributed by atoms with van der Waals surface area (Å²) < 4.78 is 5.69. The van der Waals surface area contributed by atoms with Crippen LogP contribution in [0.4, 0.5) is 5.69 Å². The van der Waals surface area contributed by atoms with Crippen LogP contribution in [0.3, 0.4) is 0 Å². The Hall–Kier alpha value is -2.85. The number of hydrogen-bond donors (Lipinski definition) is 2. The van der Waals surface area contributed by atoms with E-state index in [1.54, 1.807) is 0 Å². The Kier molecular flexibility index (Phi) is 6.66. The second-order valence-corrected chi connectivity index (χ2v) is 7.14. The van der Waals surface area contributed by atoms with Crippen molar-refractivity contribution in [3.05, 3.63) is 95.1 Å². The average molecular weight is 391 g/mol. The Morgan fingerprint density at radius 2 is 1.68 bits per heavy atom. The maximum atomic E-state index is 5.69. The van der Waals surface area contributed by atoms with E-state index in [9.17, 15) is 0 Å². The molecular weight excluding hydrogens is 364 g/mol. The molecule has 0 fully saturated rings. The third-order valence-corrected chi connectivity index (χ3v) is 4.80. The highest BCUT2D eigenvalue weighted by atomic mass is 32.1. The van der Waals surface area contributed by atoms with Crippen LogP contribution in [0.1, 0.15) is 35.2 Å². The molecule has 4 heteroatoms. The summed E-state index contributed by atoms with van der Waals surface area (Å²) in [5.74, 6) is 0.789. The van der Waals surface area contributed by atoms with Crippen LogP contribution >= 0.6 is 12.2 Å². The van der Waals surface area contributed by atoms with Crippen LogP contribution in [0.15, 0.2) is 72.8 Å². The normalized spacial score (nSPS) is 11.5. The van der Waals surface area contributed by atoms with Gasteiger partial charge in [-0.2, -0.15) is 0 Å². The van der Waals surface area contributed by atoms with E-state index in [0.29, 0.717) is 11.7 Å². The molecule has 28 heavy (non-hydrogen) atoms. The molecule has 0 saturated carbocycles. The third-order valence-electron chi connectivity index (χ3n) is 4.58. The fourth-order valence-corrected chi connectivity index (χ4v) is 3.50. The van der Waals surface area contributed by atoms with Gasteiger partial charge in [0.1, 0.15) is 5.75 Å². The molecule has 2 N–H and O–H groups in total. The summed E-state index contributed by atoms with van der Waals surface area (Å²) >= 11 is 5.65. The Balaban J connectivity index is 1.87. The summed E-state index contributed by atoms with van der Waals surface area (Å²) in [7, 11) is 0. The summed E-state index contributed by atoms with van der Waals surface area (Å²) in [6.07, 6.45) is 0. The fraction of sp³-hybridized carbons (Fsp3) is 0.208. The van der Waals surface area contributed by atoms with Gasteiger partial charge in [-0.25, -0.2) is 0 Å². The highest BCUT2D eigenvalue weighted by molar-refractivity contribution is 7.80. The van der Waals surface area contributed by atoms with Crippen LogP contribution < -0.4 is 15.4 Å². The van der Waals surface area contributed by atoms with Crippen LogP contribution in [-0.2, 0) is 0 Å². The largest absolute Gasteiger partial charge is 0.492 e. The van der Waals surface area contributed by atoms with Crippen LogP contribution in [-0.4, -0.2) is 11.7 Å². The zero-order chi connectivity index (χ0) is 19.9. The minimum absolute atomic E-state index is 0.0407. The quantitative estimate of drug-likeness (QED) is 0.523. The smallest absolute Gasteiger partial charge is 0.171 e. The van der Waals surface area contributed by atoms with Crippen molar-refractivity contribution in [2.24, 2.45) is 0 Å². The molecule has 0 amide bonds. The van der Waals surface area contributed by atoms with Gasteiger partial charge >= 0.3 is 0 Å². The maximum Gasteiger partial charge on any atom is 0.171 e. The number of rotatable bonds is 6. The van der Waals surface area contributed by atoms with E-state index in [1.807, 2.05) is 37.3 Å². The van der Waals surface area contributed by atoms with Crippen molar-refractivity contribution in [2.45, 2.75) is 26.8 Å². The van der Waals surface area contributed by atoms with Crippen molar-refractivity contribution >= 4 is 23.0 Å². The summed E-state index contributed by atoms with van der Waals surface area (Å²) in [6.45, 7) is 6.83. The van der Waals surface area contributed by atoms with Crippen molar-refractivity contribution in [3.8, 4) is 5.75 Å². The molecule has 3 aromatic carbocycles. The average Bonchev–Trinajstić information content (AvgIpc) is 2.69. The number of thiocarbonyl (C=S) groups is 1. The molecule has 1 atom stereocenters. The number of benzene rings is 3. The van der Waals surface area contributed by atoms with Crippen molar-refractivity contribution in [1.29, 1.82) is 0 Å². The van der Waals surface area contributed by atoms with Crippen LogP contribution in [0.2, 0.25) is 0 Å². The lowest BCUT2D eigenvalue weighted by atomic mass is 9.94. The third kappa shape index (κ3) is 4.90. The molecule has 0 aromatic heterocycles. The molecule has 0 aliphatic rings. The lowest BCUT2D eigenvalue weighted by Crippen LogP contribution is -2.33.